The van der Waals surface area contributed by atoms with Gasteiger partial charge in [-0.25, -0.2) is 4.98 Å². The summed E-state index contributed by atoms with van der Waals surface area (Å²) in [6.07, 6.45) is 7.40. The Balaban J connectivity index is 2.16. The monoisotopic (exact) mass is 213 g/mol. The van der Waals surface area contributed by atoms with Crippen molar-refractivity contribution in [3.63, 3.8) is 0 Å². The van der Waals surface area contributed by atoms with Gasteiger partial charge in [0.1, 0.15) is 5.65 Å². The molecule has 1 aliphatic heterocycles. The molecule has 2 aromatic rings. The molecule has 0 aromatic carbocycles. The molecule has 16 heavy (non-hydrogen) atoms. The van der Waals surface area contributed by atoms with Gasteiger partial charge in [0.05, 0.1) is 0 Å². The van der Waals surface area contributed by atoms with Crippen LogP contribution >= 0.6 is 0 Å². The Morgan fingerprint density at radius 2 is 2.31 bits per heavy atom. The Labute approximate surface area is 94.6 Å². The normalized spacial score (nSPS) is 16.4. The summed E-state index contributed by atoms with van der Waals surface area (Å²) in [5, 5.41) is 4.63. The van der Waals surface area contributed by atoms with Crippen molar-refractivity contribution in [3.8, 4) is 0 Å². The van der Waals surface area contributed by atoms with Gasteiger partial charge < -0.3 is 10.3 Å². The van der Waals surface area contributed by atoms with Crippen LogP contribution in [-0.2, 0) is 0 Å². The number of nitrogens with zero attached hydrogens (tertiary/aromatic N) is 1. The molecule has 82 valence electrons. The van der Waals surface area contributed by atoms with Crippen molar-refractivity contribution in [1.82, 2.24) is 15.3 Å². The number of pyridine rings is 1. The van der Waals surface area contributed by atoms with E-state index in [-0.39, 0.29) is 0 Å². The number of hydrogen-bond donors (Lipinski definition) is 2. The third-order valence-corrected chi connectivity index (χ3v) is 3.04. The lowest BCUT2D eigenvalue weighted by Gasteiger charge is -2.13. The molecule has 0 atom stereocenters. The Kier molecular flexibility index (Phi) is 2.26. The van der Waals surface area contributed by atoms with Crippen LogP contribution in [0.1, 0.15) is 17.5 Å². The van der Waals surface area contributed by atoms with Gasteiger partial charge in [-0.05, 0) is 37.1 Å². The maximum absolute atomic E-state index is 4.39. The van der Waals surface area contributed by atoms with Crippen molar-refractivity contribution < 1.29 is 0 Å². The van der Waals surface area contributed by atoms with E-state index in [0.717, 1.165) is 25.2 Å². The minimum absolute atomic E-state index is 0.959. The first-order valence-corrected chi connectivity index (χ1v) is 5.68. The van der Waals surface area contributed by atoms with E-state index in [1.807, 2.05) is 6.20 Å². The summed E-state index contributed by atoms with van der Waals surface area (Å²) in [4.78, 5) is 7.63. The van der Waals surface area contributed by atoms with E-state index in [1.165, 1.54) is 22.1 Å². The topological polar surface area (TPSA) is 40.7 Å². The van der Waals surface area contributed by atoms with Crippen LogP contribution in [0, 0.1) is 6.92 Å². The third kappa shape index (κ3) is 1.53. The smallest absolute Gasteiger partial charge is 0.137 e. The van der Waals surface area contributed by atoms with E-state index in [4.69, 9.17) is 0 Å². The summed E-state index contributed by atoms with van der Waals surface area (Å²) in [5.41, 5.74) is 4.85. The van der Waals surface area contributed by atoms with Crippen molar-refractivity contribution in [2.24, 2.45) is 0 Å². The van der Waals surface area contributed by atoms with Crippen molar-refractivity contribution >= 4 is 16.6 Å². The lowest BCUT2D eigenvalue weighted by molar-refractivity contribution is 0.739. The maximum Gasteiger partial charge on any atom is 0.137 e. The minimum Gasteiger partial charge on any atom is -0.346 e. The number of rotatable bonds is 1. The molecule has 0 unspecified atom stereocenters. The first kappa shape index (κ1) is 9.60. The van der Waals surface area contributed by atoms with E-state index in [2.05, 4.69) is 40.5 Å². The molecular weight excluding hydrogens is 198 g/mol. The van der Waals surface area contributed by atoms with E-state index in [9.17, 15) is 0 Å². The highest BCUT2D eigenvalue weighted by Crippen LogP contribution is 2.25. The van der Waals surface area contributed by atoms with Gasteiger partial charge in [-0.2, -0.15) is 0 Å². The first-order chi connectivity index (χ1) is 7.84. The second kappa shape index (κ2) is 3.76. The second-order valence-electron chi connectivity index (χ2n) is 4.31. The molecule has 3 rings (SSSR count). The first-order valence-electron chi connectivity index (χ1n) is 5.68. The van der Waals surface area contributed by atoms with Gasteiger partial charge in [0.15, 0.2) is 0 Å². The number of hydrogen-bond acceptors (Lipinski definition) is 2. The number of H-pyrrole nitrogens is 1. The molecule has 1 aliphatic rings. The van der Waals surface area contributed by atoms with Gasteiger partial charge in [0.25, 0.3) is 0 Å². The fourth-order valence-corrected chi connectivity index (χ4v) is 2.22. The molecule has 0 saturated carbocycles. The predicted molar refractivity (Wildman–Crippen MR) is 66.3 cm³/mol. The number of nitrogens with one attached hydrogen (secondary N) is 2. The number of aromatic nitrogens is 2. The van der Waals surface area contributed by atoms with Crippen LogP contribution in [0.25, 0.3) is 16.6 Å². The van der Waals surface area contributed by atoms with Crippen LogP contribution < -0.4 is 5.32 Å². The Hall–Kier alpha value is -1.61. The second-order valence-corrected chi connectivity index (χ2v) is 4.31. The van der Waals surface area contributed by atoms with Crippen molar-refractivity contribution in [2.45, 2.75) is 13.3 Å². The zero-order chi connectivity index (χ0) is 11.0. The zero-order valence-electron chi connectivity index (χ0n) is 9.38. The molecular formula is C13H15N3. The summed E-state index contributed by atoms with van der Waals surface area (Å²) in [5.74, 6) is 0. The Morgan fingerprint density at radius 1 is 1.38 bits per heavy atom. The average molecular weight is 213 g/mol. The molecule has 0 amide bonds. The number of fused-ring (bicyclic) bond motifs is 1. The van der Waals surface area contributed by atoms with Gasteiger partial charge >= 0.3 is 0 Å². The van der Waals surface area contributed by atoms with Crippen LogP contribution in [0.15, 0.2) is 24.5 Å². The molecule has 3 heterocycles. The van der Waals surface area contributed by atoms with Crippen LogP contribution in [0.5, 0.6) is 0 Å². The molecule has 0 saturated heterocycles. The van der Waals surface area contributed by atoms with Crippen molar-refractivity contribution in [1.29, 1.82) is 0 Å². The van der Waals surface area contributed by atoms with Gasteiger partial charge in [0.2, 0.25) is 0 Å². The maximum atomic E-state index is 4.39. The minimum atomic E-state index is 0.959. The van der Waals surface area contributed by atoms with E-state index in [1.54, 1.807) is 0 Å². The fourth-order valence-electron chi connectivity index (χ4n) is 2.22. The van der Waals surface area contributed by atoms with Crippen LogP contribution in [0.4, 0.5) is 0 Å². The van der Waals surface area contributed by atoms with Crippen LogP contribution in [0.2, 0.25) is 0 Å². The lowest BCUT2D eigenvalue weighted by Crippen LogP contribution is -2.21. The van der Waals surface area contributed by atoms with Crippen LogP contribution in [-0.4, -0.2) is 23.1 Å². The average Bonchev–Trinajstić information content (AvgIpc) is 2.73. The zero-order valence-corrected chi connectivity index (χ0v) is 9.38. The molecule has 2 aromatic heterocycles. The third-order valence-electron chi connectivity index (χ3n) is 3.04. The van der Waals surface area contributed by atoms with Gasteiger partial charge in [-0.1, -0.05) is 6.08 Å². The molecule has 0 aliphatic carbocycles. The summed E-state index contributed by atoms with van der Waals surface area (Å²) >= 11 is 0. The standard InChI is InChI=1S/C13H15N3/c1-9-5-11-12(8-16-13(11)15-6-9)10-3-2-4-14-7-10/h3,5-6,8,14H,2,4,7H2,1H3,(H,15,16). The highest BCUT2D eigenvalue weighted by Gasteiger charge is 2.11. The van der Waals surface area contributed by atoms with Gasteiger partial charge in [-0.15, -0.1) is 0 Å². The molecule has 3 nitrogen and oxygen atoms in total. The summed E-state index contributed by atoms with van der Waals surface area (Å²) in [6.45, 7) is 4.13. The largest absolute Gasteiger partial charge is 0.346 e. The number of aryl methyl sites for hydroxylation is 1. The quantitative estimate of drug-likeness (QED) is 0.762. The molecule has 0 bridgehead atoms. The van der Waals surface area contributed by atoms with E-state index in [0.29, 0.717) is 0 Å². The molecule has 2 N–H and O–H groups in total. The van der Waals surface area contributed by atoms with Crippen molar-refractivity contribution in [3.05, 3.63) is 35.7 Å². The number of aromatic amines is 1. The van der Waals surface area contributed by atoms with Gasteiger partial charge in [-0.3, -0.25) is 0 Å². The lowest BCUT2D eigenvalue weighted by atomic mass is 10.0. The highest BCUT2D eigenvalue weighted by molar-refractivity contribution is 5.91. The molecule has 0 fully saturated rings. The Bertz CT molecular complexity index is 551. The van der Waals surface area contributed by atoms with Crippen LogP contribution in [0.3, 0.4) is 0 Å². The molecule has 0 spiro atoms. The fraction of sp³-hybridized carbons (Fsp3) is 0.308. The SMILES string of the molecule is Cc1cnc2[nH]cc(C3=CCCNC3)c2c1. The van der Waals surface area contributed by atoms with E-state index < -0.39 is 0 Å². The van der Waals surface area contributed by atoms with Crippen molar-refractivity contribution in [2.75, 3.05) is 13.1 Å². The highest BCUT2D eigenvalue weighted by atomic mass is 14.9. The van der Waals surface area contributed by atoms with E-state index >= 15 is 0 Å². The van der Waals surface area contributed by atoms with Gasteiger partial charge in [0, 0.05) is 29.9 Å². The summed E-state index contributed by atoms with van der Waals surface area (Å²) in [6, 6.07) is 2.20. The summed E-state index contributed by atoms with van der Waals surface area (Å²) in [7, 11) is 0. The molecule has 3 heteroatoms. The Morgan fingerprint density at radius 3 is 3.12 bits per heavy atom. The predicted octanol–water partition coefficient (Wildman–Crippen LogP) is 2.25. The summed E-state index contributed by atoms with van der Waals surface area (Å²) < 4.78 is 0. The molecule has 0 radical (unpaired) electrons.